The van der Waals surface area contributed by atoms with E-state index in [2.05, 4.69) is 64.7 Å². The van der Waals surface area contributed by atoms with Crippen molar-refractivity contribution in [3.05, 3.63) is 29.3 Å². The van der Waals surface area contributed by atoms with Crippen molar-refractivity contribution < 1.29 is 0 Å². The van der Waals surface area contributed by atoms with Gasteiger partial charge in [-0.05, 0) is 61.0 Å². The molecule has 0 amide bonds. The number of aromatic nitrogens is 2. The van der Waals surface area contributed by atoms with Crippen LogP contribution in [0.5, 0.6) is 0 Å². The zero-order valence-electron chi connectivity index (χ0n) is 17.0. The van der Waals surface area contributed by atoms with Gasteiger partial charge in [-0.1, -0.05) is 19.9 Å². The Hall–Kier alpha value is -1.44. The van der Waals surface area contributed by atoms with Crippen LogP contribution >= 0.6 is 23.6 Å². The van der Waals surface area contributed by atoms with Gasteiger partial charge in [0.1, 0.15) is 5.69 Å². The van der Waals surface area contributed by atoms with Crippen molar-refractivity contribution in [1.29, 1.82) is 0 Å². The molecule has 0 aliphatic carbocycles. The van der Waals surface area contributed by atoms with Crippen LogP contribution in [-0.4, -0.2) is 52.0 Å². The zero-order valence-corrected chi connectivity index (χ0v) is 18.7. The van der Waals surface area contributed by atoms with Crippen LogP contribution in [0.4, 0.5) is 0 Å². The van der Waals surface area contributed by atoms with Gasteiger partial charge in [-0.25, -0.2) is 0 Å². The highest BCUT2D eigenvalue weighted by Crippen LogP contribution is 2.42. The van der Waals surface area contributed by atoms with E-state index in [-0.39, 0.29) is 0 Å². The van der Waals surface area contributed by atoms with Crippen LogP contribution in [0.3, 0.4) is 0 Å². The van der Waals surface area contributed by atoms with Crippen LogP contribution < -0.4 is 10.6 Å². The minimum absolute atomic E-state index is 0.582. The number of hydrogen-bond donors (Lipinski definition) is 2. The molecule has 5 heterocycles. The summed E-state index contributed by atoms with van der Waals surface area (Å²) in [6, 6.07) is 7.15. The Morgan fingerprint density at radius 3 is 2.93 bits per heavy atom. The van der Waals surface area contributed by atoms with Crippen LogP contribution in [0.15, 0.2) is 23.6 Å². The predicted octanol–water partition coefficient (Wildman–Crippen LogP) is 3.45. The fraction of sp³-hybridized carbons (Fsp3) is 0.619. The molecule has 3 aliphatic rings. The van der Waals surface area contributed by atoms with Gasteiger partial charge in [0.05, 0.1) is 4.88 Å². The quantitative estimate of drug-likeness (QED) is 0.705. The maximum absolute atomic E-state index is 5.43. The number of rotatable bonds is 6. The molecule has 3 fully saturated rings. The van der Waals surface area contributed by atoms with E-state index in [0.29, 0.717) is 17.9 Å². The van der Waals surface area contributed by atoms with Crippen molar-refractivity contribution in [3.63, 3.8) is 0 Å². The summed E-state index contributed by atoms with van der Waals surface area (Å²) in [7, 11) is 2.10. The van der Waals surface area contributed by atoms with Crippen molar-refractivity contribution >= 4 is 28.7 Å². The molecule has 2 aromatic rings. The normalized spacial score (nSPS) is 26.6. The molecule has 7 heteroatoms. The molecule has 28 heavy (non-hydrogen) atoms. The van der Waals surface area contributed by atoms with Crippen LogP contribution in [0, 0.1) is 11.8 Å². The van der Waals surface area contributed by atoms with E-state index in [1.807, 2.05) is 0 Å². The molecule has 0 aromatic carbocycles. The summed E-state index contributed by atoms with van der Waals surface area (Å²) in [5.74, 6) is 1.93. The Morgan fingerprint density at radius 2 is 2.25 bits per heavy atom. The first-order chi connectivity index (χ1) is 13.5. The lowest BCUT2D eigenvalue weighted by Gasteiger charge is -2.50. The van der Waals surface area contributed by atoms with Crippen LogP contribution in [0.25, 0.3) is 10.6 Å². The summed E-state index contributed by atoms with van der Waals surface area (Å²) in [5, 5.41) is 14.5. The molecule has 3 aliphatic heterocycles. The highest BCUT2D eigenvalue weighted by atomic mass is 32.1. The van der Waals surface area contributed by atoms with Crippen molar-refractivity contribution in [3.8, 4) is 10.6 Å². The third kappa shape index (κ3) is 4.26. The fourth-order valence-electron chi connectivity index (χ4n) is 4.63. The standard InChI is InChI=1S/C21H31N5S2/c1-14(2)11-22-21(27)23-12-16-9-15-6-7-26(16)13-17(15)19-10-18(24-25(19)3)20-5-4-8-28-20/h4-5,8,10,14-17H,6-7,9,11-13H2,1-3H3,(H2,22,23,27). The average Bonchev–Trinajstić information content (AvgIpc) is 3.34. The first kappa shape index (κ1) is 19.9. The molecular formula is C21H31N5S2. The molecular weight excluding hydrogens is 386 g/mol. The summed E-state index contributed by atoms with van der Waals surface area (Å²) in [6.45, 7) is 8.60. The van der Waals surface area contributed by atoms with Crippen molar-refractivity contribution in [1.82, 2.24) is 25.3 Å². The van der Waals surface area contributed by atoms with Gasteiger partial charge < -0.3 is 10.6 Å². The molecule has 4 atom stereocenters. The smallest absolute Gasteiger partial charge is 0.166 e. The maximum atomic E-state index is 5.43. The highest BCUT2D eigenvalue weighted by molar-refractivity contribution is 7.80. The molecule has 4 unspecified atom stereocenters. The molecule has 2 N–H and O–H groups in total. The molecule has 0 saturated carbocycles. The second-order valence-corrected chi connectivity index (χ2v) is 9.94. The minimum Gasteiger partial charge on any atom is -0.362 e. The van der Waals surface area contributed by atoms with E-state index in [9.17, 15) is 0 Å². The third-order valence-electron chi connectivity index (χ3n) is 6.12. The first-order valence-corrected chi connectivity index (χ1v) is 11.6. The lowest BCUT2D eigenvalue weighted by molar-refractivity contribution is 0.0303. The number of nitrogens with zero attached hydrogens (tertiary/aromatic N) is 3. The van der Waals surface area contributed by atoms with Gasteiger partial charge in [0.25, 0.3) is 0 Å². The Labute approximate surface area is 177 Å². The van der Waals surface area contributed by atoms with Crippen molar-refractivity contribution in [2.24, 2.45) is 18.9 Å². The Kier molecular flexibility index (Phi) is 6.04. The molecule has 2 aromatic heterocycles. The molecule has 3 saturated heterocycles. The number of nitrogens with one attached hydrogen (secondary N) is 2. The van der Waals surface area contributed by atoms with Gasteiger partial charge in [0, 0.05) is 44.3 Å². The predicted molar refractivity (Wildman–Crippen MR) is 121 cm³/mol. The summed E-state index contributed by atoms with van der Waals surface area (Å²) >= 11 is 7.20. The molecule has 5 rings (SSSR count). The molecule has 0 radical (unpaired) electrons. The SMILES string of the molecule is CC(C)CNC(=S)NCC1CC2CCN1CC2c1cc(-c2cccs2)nn1C. The second kappa shape index (κ2) is 8.51. The topological polar surface area (TPSA) is 45.1 Å². The number of piperidine rings is 3. The second-order valence-electron chi connectivity index (χ2n) is 8.58. The summed E-state index contributed by atoms with van der Waals surface area (Å²) in [5.41, 5.74) is 2.50. The number of thiophene rings is 1. The van der Waals surface area contributed by atoms with Crippen LogP contribution in [-0.2, 0) is 7.05 Å². The van der Waals surface area contributed by atoms with E-state index in [0.717, 1.165) is 36.4 Å². The van der Waals surface area contributed by atoms with Crippen molar-refractivity contribution in [2.75, 3.05) is 26.2 Å². The van der Waals surface area contributed by atoms with Crippen molar-refractivity contribution in [2.45, 2.75) is 38.6 Å². The fourth-order valence-corrected chi connectivity index (χ4v) is 5.48. The lowest BCUT2D eigenvalue weighted by atomic mass is 9.74. The van der Waals surface area contributed by atoms with Gasteiger partial charge in [0.15, 0.2) is 5.11 Å². The van der Waals surface area contributed by atoms with Gasteiger partial charge in [-0.2, -0.15) is 5.10 Å². The molecule has 2 bridgehead atoms. The number of aryl methyl sites for hydroxylation is 1. The monoisotopic (exact) mass is 417 g/mol. The first-order valence-electron chi connectivity index (χ1n) is 10.3. The summed E-state index contributed by atoms with van der Waals surface area (Å²) in [6.07, 6.45) is 2.53. The molecule has 0 spiro atoms. The Bertz CT molecular complexity index is 798. The summed E-state index contributed by atoms with van der Waals surface area (Å²) in [4.78, 5) is 3.91. The van der Waals surface area contributed by atoms with Gasteiger partial charge in [-0.15, -0.1) is 11.3 Å². The Balaban J connectivity index is 1.37. The summed E-state index contributed by atoms with van der Waals surface area (Å²) < 4.78 is 2.11. The third-order valence-corrected chi connectivity index (χ3v) is 7.30. The highest BCUT2D eigenvalue weighted by Gasteiger charge is 2.41. The van der Waals surface area contributed by atoms with E-state index < -0.39 is 0 Å². The lowest BCUT2D eigenvalue weighted by Crippen LogP contribution is -2.56. The molecule has 152 valence electrons. The van der Waals surface area contributed by atoms with Gasteiger partial charge >= 0.3 is 0 Å². The molecule has 5 nitrogen and oxygen atoms in total. The van der Waals surface area contributed by atoms with Crippen LogP contribution in [0.2, 0.25) is 0 Å². The minimum atomic E-state index is 0.582. The van der Waals surface area contributed by atoms with E-state index in [1.165, 1.54) is 30.0 Å². The Morgan fingerprint density at radius 1 is 1.39 bits per heavy atom. The number of thiocarbonyl (C=S) groups is 1. The maximum Gasteiger partial charge on any atom is 0.166 e. The average molecular weight is 418 g/mol. The number of hydrogen-bond acceptors (Lipinski definition) is 4. The van der Waals surface area contributed by atoms with Gasteiger partial charge in [-0.3, -0.25) is 9.58 Å². The van der Waals surface area contributed by atoms with Gasteiger partial charge in [0.2, 0.25) is 0 Å². The zero-order chi connectivity index (χ0) is 19.7. The van der Waals surface area contributed by atoms with E-state index >= 15 is 0 Å². The number of fused-ring (bicyclic) bond motifs is 3. The van der Waals surface area contributed by atoms with E-state index in [1.54, 1.807) is 11.3 Å². The van der Waals surface area contributed by atoms with E-state index in [4.69, 9.17) is 17.3 Å². The van der Waals surface area contributed by atoms with Crippen LogP contribution in [0.1, 0.15) is 38.3 Å². The largest absolute Gasteiger partial charge is 0.362 e.